The first-order valence-corrected chi connectivity index (χ1v) is 7.38. The number of nitrogens with zero attached hydrogens (tertiary/aromatic N) is 3. The van der Waals surface area contributed by atoms with Crippen molar-refractivity contribution in [3.05, 3.63) is 58.6 Å². The molecule has 132 valence electrons. The third-order valence-corrected chi connectivity index (χ3v) is 3.49. The van der Waals surface area contributed by atoms with Crippen molar-refractivity contribution in [1.29, 1.82) is 0 Å². The number of methoxy groups -OCH3 is 1. The Hall–Kier alpha value is -3.95. The SMILES string of the molecule is COC(=O)Nc1nc2ccccc2n1C(=O)Nc1ccc([N+](=O)[O-])cc1. The second-order valence-corrected chi connectivity index (χ2v) is 5.11. The average molecular weight is 355 g/mol. The van der Waals surface area contributed by atoms with Gasteiger partial charge in [0.05, 0.1) is 23.1 Å². The second kappa shape index (κ2) is 6.89. The summed E-state index contributed by atoms with van der Waals surface area (Å²) in [6.07, 6.45) is -0.773. The molecule has 2 aromatic carbocycles. The van der Waals surface area contributed by atoms with Crippen LogP contribution in [-0.2, 0) is 4.74 Å². The first-order valence-electron chi connectivity index (χ1n) is 7.38. The Morgan fingerprint density at radius 2 is 1.81 bits per heavy atom. The number of para-hydroxylation sites is 2. The topological polar surface area (TPSA) is 128 Å². The molecule has 0 aliphatic carbocycles. The Labute approximate surface area is 146 Å². The Kier molecular flexibility index (Phi) is 4.48. The highest BCUT2D eigenvalue weighted by Crippen LogP contribution is 2.21. The quantitative estimate of drug-likeness (QED) is 0.548. The summed E-state index contributed by atoms with van der Waals surface area (Å²) >= 11 is 0. The van der Waals surface area contributed by atoms with E-state index < -0.39 is 17.0 Å². The minimum absolute atomic E-state index is 0.0162. The van der Waals surface area contributed by atoms with Crippen LogP contribution >= 0.6 is 0 Å². The number of nitro benzene ring substituents is 1. The number of imidazole rings is 1. The largest absolute Gasteiger partial charge is 0.453 e. The van der Waals surface area contributed by atoms with Crippen molar-refractivity contribution in [2.45, 2.75) is 0 Å². The van der Waals surface area contributed by atoms with E-state index >= 15 is 0 Å². The van der Waals surface area contributed by atoms with E-state index in [1.807, 2.05) is 0 Å². The average Bonchev–Trinajstić information content (AvgIpc) is 2.99. The van der Waals surface area contributed by atoms with Crippen LogP contribution in [0.1, 0.15) is 0 Å². The van der Waals surface area contributed by atoms with E-state index in [0.717, 1.165) is 0 Å². The zero-order chi connectivity index (χ0) is 18.7. The summed E-state index contributed by atoms with van der Waals surface area (Å²) in [6, 6.07) is 11.6. The van der Waals surface area contributed by atoms with Gasteiger partial charge in [0, 0.05) is 17.8 Å². The van der Waals surface area contributed by atoms with Gasteiger partial charge in [0.1, 0.15) is 0 Å². The van der Waals surface area contributed by atoms with Crippen LogP contribution in [0.3, 0.4) is 0 Å². The molecule has 3 aromatic rings. The fourth-order valence-corrected chi connectivity index (χ4v) is 2.30. The molecule has 10 nitrogen and oxygen atoms in total. The Bertz CT molecular complexity index is 996. The summed E-state index contributed by atoms with van der Waals surface area (Å²) in [5.41, 5.74) is 1.22. The number of rotatable bonds is 3. The van der Waals surface area contributed by atoms with Gasteiger partial charge >= 0.3 is 12.1 Å². The monoisotopic (exact) mass is 355 g/mol. The lowest BCUT2D eigenvalue weighted by Gasteiger charge is -2.10. The number of hydrogen-bond donors (Lipinski definition) is 2. The van der Waals surface area contributed by atoms with Crippen LogP contribution in [0.4, 0.5) is 26.9 Å². The molecule has 1 aromatic heterocycles. The summed E-state index contributed by atoms with van der Waals surface area (Å²) in [5, 5.41) is 15.7. The van der Waals surface area contributed by atoms with E-state index in [1.54, 1.807) is 24.3 Å². The molecule has 0 fully saturated rings. The van der Waals surface area contributed by atoms with Crippen molar-refractivity contribution in [2.75, 3.05) is 17.7 Å². The van der Waals surface area contributed by atoms with E-state index in [1.165, 1.54) is 35.9 Å². The van der Waals surface area contributed by atoms with Gasteiger partial charge in [-0.15, -0.1) is 0 Å². The maximum absolute atomic E-state index is 12.7. The lowest BCUT2D eigenvalue weighted by atomic mass is 10.3. The van der Waals surface area contributed by atoms with Crippen LogP contribution in [0, 0.1) is 10.1 Å². The van der Waals surface area contributed by atoms with E-state index in [4.69, 9.17) is 0 Å². The molecule has 0 aliphatic heterocycles. The number of amides is 2. The van der Waals surface area contributed by atoms with Gasteiger partial charge in [0.15, 0.2) is 0 Å². The van der Waals surface area contributed by atoms with Crippen LogP contribution in [0.5, 0.6) is 0 Å². The lowest BCUT2D eigenvalue weighted by molar-refractivity contribution is -0.384. The highest BCUT2D eigenvalue weighted by molar-refractivity contribution is 6.01. The molecule has 0 saturated carbocycles. The molecular formula is C16H13N5O5. The van der Waals surface area contributed by atoms with Crippen LogP contribution < -0.4 is 10.6 Å². The number of aromatic nitrogens is 2. The van der Waals surface area contributed by atoms with Crippen molar-refractivity contribution >= 4 is 40.5 Å². The molecule has 2 amide bonds. The minimum atomic E-state index is -0.773. The van der Waals surface area contributed by atoms with Crippen molar-refractivity contribution in [3.8, 4) is 0 Å². The highest BCUT2D eigenvalue weighted by Gasteiger charge is 2.19. The second-order valence-electron chi connectivity index (χ2n) is 5.11. The van der Waals surface area contributed by atoms with Gasteiger partial charge in [-0.1, -0.05) is 12.1 Å². The van der Waals surface area contributed by atoms with Crippen LogP contribution in [-0.4, -0.2) is 33.7 Å². The zero-order valence-electron chi connectivity index (χ0n) is 13.5. The maximum atomic E-state index is 12.7. The molecule has 26 heavy (non-hydrogen) atoms. The predicted molar refractivity (Wildman–Crippen MR) is 93.3 cm³/mol. The normalized spacial score (nSPS) is 10.3. The van der Waals surface area contributed by atoms with Gasteiger partial charge in [-0.05, 0) is 24.3 Å². The fourth-order valence-electron chi connectivity index (χ4n) is 2.30. The smallest absolute Gasteiger partial charge is 0.413 e. The van der Waals surface area contributed by atoms with E-state index in [0.29, 0.717) is 16.7 Å². The zero-order valence-corrected chi connectivity index (χ0v) is 13.5. The molecule has 2 N–H and O–H groups in total. The van der Waals surface area contributed by atoms with Gasteiger partial charge < -0.3 is 10.1 Å². The van der Waals surface area contributed by atoms with Gasteiger partial charge in [-0.2, -0.15) is 0 Å². The van der Waals surface area contributed by atoms with Gasteiger partial charge in [0.2, 0.25) is 5.95 Å². The number of carbonyl (C=O) groups excluding carboxylic acids is 2. The standard InChI is InChI=1S/C16H13N5O5/c1-26-16(23)19-14-18-12-4-2-3-5-13(12)20(14)15(22)17-10-6-8-11(9-7-10)21(24)25/h2-9H,1H3,(H,17,22)(H,18,19,23). The van der Waals surface area contributed by atoms with Crippen molar-refractivity contribution in [3.63, 3.8) is 0 Å². The maximum Gasteiger partial charge on any atom is 0.413 e. The van der Waals surface area contributed by atoms with E-state index in [-0.39, 0.29) is 11.6 Å². The number of carbonyl (C=O) groups is 2. The third kappa shape index (κ3) is 3.29. The number of benzene rings is 2. The number of non-ortho nitro benzene ring substituents is 1. The third-order valence-electron chi connectivity index (χ3n) is 3.49. The number of anilines is 2. The lowest BCUT2D eigenvalue weighted by Crippen LogP contribution is -2.23. The first-order chi connectivity index (χ1) is 12.5. The summed E-state index contributed by atoms with van der Waals surface area (Å²) in [4.78, 5) is 38.6. The molecule has 1 heterocycles. The summed E-state index contributed by atoms with van der Waals surface area (Å²) in [7, 11) is 1.19. The molecule has 10 heteroatoms. The molecule has 0 spiro atoms. The fraction of sp³-hybridized carbons (Fsp3) is 0.0625. The molecule has 0 bridgehead atoms. The summed E-state index contributed by atoms with van der Waals surface area (Å²) in [5.74, 6) is -0.0162. The Balaban J connectivity index is 1.94. The van der Waals surface area contributed by atoms with E-state index in [9.17, 15) is 19.7 Å². The van der Waals surface area contributed by atoms with Crippen LogP contribution in [0.2, 0.25) is 0 Å². The molecule has 0 atom stereocenters. The Morgan fingerprint density at radius 1 is 1.12 bits per heavy atom. The molecular weight excluding hydrogens is 342 g/mol. The van der Waals surface area contributed by atoms with Gasteiger partial charge in [-0.3, -0.25) is 15.4 Å². The molecule has 3 rings (SSSR count). The molecule has 0 saturated heterocycles. The number of ether oxygens (including phenoxy) is 1. The minimum Gasteiger partial charge on any atom is -0.453 e. The predicted octanol–water partition coefficient (Wildman–Crippen LogP) is 3.20. The van der Waals surface area contributed by atoms with E-state index in [2.05, 4.69) is 20.4 Å². The first kappa shape index (κ1) is 16.9. The van der Waals surface area contributed by atoms with Gasteiger partial charge in [0.25, 0.3) is 5.69 Å². The van der Waals surface area contributed by atoms with Crippen LogP contribution in [0.15, 0.2) is 48.5 Å². The Morgan fingerprint density at radius 3 is 2.46 bits per heavy atom. The summed E-state index contributed by atoms with van der Waals surface area (Å²) in [6.45, 7) is 0. The van der Waals surface area contributed by atoms with Crippen molar-refractivity contribution < 1.29 is 19.2 Å². The van der Waals surface area contributed by atoms with Crippen molar-refractivity contribution in [1.82, 2.24) is 9.55 Å². The molecule has 0 radical (unpaired) electrons. The highest BCUT2D eigenvalue weighted by atomic mass is 16.6. The summed E-state index contributed by atoms with van der Waals surface area (Å²) < 4.78 is 5.71. The number of fused-ring (bicyclic) bond motifs is 1. The molecule has 0 unspecified atom stereocenters. The number of hydrogen-bond acceptors (Lipinski definition) is 6. The number of nitrogens with one attached hydrogen (secondary N) is 2. The van der Waals surface area contributed by atoms with Crippen LogP contribution in [0.25, 0.3) is 11.0 Å². The van der Waals surface area contributed by atoms with Crippen molar-refractivity contribution in [2.24, 2.45) is 0 Å². The van der Waals surface area contributed by atoms with Gasteiger partial charge in [-0.25, -0.2) is 19.1 Å². The number of nitro groups is 1. The molecule has 0 aliphatic rings.